The van der Waals surface area contributed by atoms with Gasteiger partial charge in [-0.15, -0.1) is 0 Å². The molecular formula is C52H34N2O. The summed E-state index contributed by atoms with van der Waals surface area (Å²) in [4.78, 5) is 2.34. The highest BCUT2D eigenvalue weighted by Gasteiger charge is 2.18. The van der Waals surface area contributed by atoms with E-state index in [4.69, 9.17) is 4.42 Å². The molecule has 0 saturated carbocycles. The Hall–Kier alpha value is -7.36. The molecular weight excluding hydrogens is 669 g/mol. The molecule has 2 aromatic heterocycles. The van der Waals surface area contributed by atoms with E-state index >= 15 is 0 Å². The topological polar surface area (TPSA) is 21.3 Å². The Morgan fingerprint density at radius 2 is 0.945 bits per heavy atom. The van der Waals surface area contributed by atoms with Gasteiger partial charge in [-0.2, -0.15) is 0 Å². The van der Waals surface area contributed by atoms with Gasteiger partial charge in [0.1, 0.15) is 11.2 Å². The fraction of sp³-hybridized carbons (Fsp3) is 0. The highest BCUT2D eigenvalue weighted by molar-refractivity contribution is 6.21. The molecule has 9 aromatic carbocycles. The highest BCUT2D eigenvalue weighted by atomic mass is 16.3. The van der Waals surface area contributed by atoms with E-state index in [1.54, 1.807) is 0 Å². The van der Waals surface area contributed by atoms with Crippen LogP contribution >= 0.6 is 0 Å². The van der Waals surface area contributed by atoms with Crippen LogP contribution in [0.4, 0.5) is 17.1 Å². The standard InChI is InChI=1S/C52H34N2O/c1-2-11-35(12-3-1)36-21-26-39(27-22-36)53(40-28-23-38(24-29-40)44-17-10-18-46-45-15-7-9-20-50(45)55-52(44)46)41-30-32-42(33-31-41)54-48-19-8-6-16-47(48)51-43-14-5-4-13-37(43)25-34-49(51)54/h1-34H. The lowest BCUT2D eigenvalue weighted by molar-refractivity contribution is 0.670. The smallest absolute Gasteiger partial charge is 0.143 e. The van der Waals surface area contributed by atoms with Crippen molar-refractivity contribution in [2.24, 2.45) is 0 Å². The van der Waals surface area contributed by atoms with Crippen molar-refractivity contribution in [1.29, 1.82) is 0 Å². The summed E-state index contributed by atoms with van der Waals surface area (Å²) < 4.78 is 8.80. The van der Waals surface area contributed by atoms with Crippen molar-refractivity contribution in [3.8, 4) is 27.9 Å². The van der Waals surface area contributed by atoms with Crippen LogP contribution in [0.5, 0.6) is 0 Å². The van der Waals surface area contributed by atoms with E-state index in [0.29, 0.717) is 0 Å². The molecule has 0 unspecified atom stereocenters. The lowest BCUT2D eigenvalue weighted by atomic mass is 10.0. The van der Waals surface area contributed by atoms with Gasteiger partial charge in [0, 0.05) is 49.9 Å². The van der Waals surface area contributed by atoms with Crippen LogP contribution in [0.15, 0.2) is 211 Å². The Balaban J connectivity index is 1.02. The van der Waals surface area contributed by atoms with Crippen LogP contribution in [0.3, 0.4) is 0 Å². The summed E-state index contributed by atoms with van der Waals surface area (Å²) in [6, 6.07) is 73.8. The average molecular weight is 703 g/mol. The van der Waals surface area contributed by atoms with Crippen LogP contribution in [-0.2, 0) is 0 Å². The Kier molecular flexibility index (Phi) is 7.17. The van der Waals surface area contributed by atoms with Crippen molar-refractivity contribution >= 4 is 71.6 Å². The number of hydrogen-bond donors (Lipinski definition) is 0. The normalized spacial score (nSPS) is 11.6. The lowest BCUT2D eigenvalue weighted by Gasteiger charge is -2.26. The van der Waals surface area contributed by atoms with E-state index in [1.165, 1.54) is 43.7 Å². The number of benzene rings is 9. The zero-order valence-corrected chi connectivity index (χ0v) is 29.9. The van der Waals surface area contributed by atoms with E-state index in [1.807, 2.05) is 12.1 Å². The predicted molar refractivity (Wildman–Crippen MR) is 231 cm³/mol. The molecule has 0 atom stereocenters. The first-order chi connectivity index (χ1) is 27.3. The summed E-state index contributed by atoms with van der Waals surface area (Å²) in [5.41, 5.74) is 13.2. The first-order valence-corrected chi connectivity index (χ1v) is 18.8. The number of furan rings is 1. The van der Waals surface area contributed by atoms with E-state index in [0.717, 1.165) is 55.8 Å². The Labute approximate surface area is 318 Å². The monoisotopic (exact) mass is 702 g/mol. The van der Waals surface area contributed by atoms with E-state index in [-0.39, 0.29) is 0 Å². The zero-order chi connectivity index (χ0) is 36.3. The van der Waals surface area contributed by atoms with Crippen molar-refractivity contribution in [3.63, 3.8) is 0 Å². The van der Waals surface area contributed by atoms with E-state index in [9.17, 15) is 0 Å². The van der Waals surface area contributed by atoms with Crippen molar-refractivity contribution in [2.75, 3.05) is 4.90 Å². The lowest BCUT2D eigenvalue weighted by Crippen LogP contribution is -2.10. The largest absolute Gasteiger partial charge is 0.455 e. The summed E-state index contributed by atoms with van der Waals surface area (Å²) in [6.07, 6.45) is 0. The molecule has 2 heterocycles. The van der Waals surface area contributed by atoms with Crippen LogP contribution in [-0.4, -0.2) is 4.57 Å². The molecule has 55 heavy (non-hydrogen) atoms. The molecule has 0 N–H and O–H groups in total. The number of hydrogen-bond acceptors (Lipinski definition) is 2. The minimum atomic E-state index is 0.907. The third-order valence-electron chi connectivity index (χ3n) is 11.0. The molecule has 0 saturated heterocycles. The van der Waals surface area contributed by atoms with Gasteiger partial charge in [0.2, 0.25) is 0 Å². The molecule has 0 amide bonds. The number of para-hydroxylation sites is 3. The van der Waals surface area contributed by atoms with Crippen LogP contribution in [0, 0.1) is 0 Å². The second kappa shape index (κ2) is 12.6. The summed E-state index contributed by atoms with van der Waals surface area (Å²) in [6.45, 7) is 0. The van der Waals surface area contributed by atoms with Crippen LogP contribution in [0.2, 0.25) is 0 Å². The molecule has 0 aliphatic carbocycles. The summed E-state index contributed by atoms with van der Waals surface area (Å²) >= 11 is 0. The number of anilines is 3. The van der Waals surface area contributed by atoms with Gasteiger partial charge in [-0.1, -0.05) is 140 Å². The number of fused-ring (bicyclic) bond motifs is 8. The van der Waals surface area contributed by atoms with Crippen LogP contribution < -0.4 is 4.90 Å². The van der Waals surface area contributed by atoms with Gasteiger partial charge in [0.05, 0.1) is 11.0 Å². The van der Waals surface area contributed by atoms with Gasteiger partial charge in [0.25, 0.3) is 0 Å². The SMILES string of the molecule is c1ccc(-c2ccc(N(c3ccc(-c4cccc5c4oc4ccccc45)cc3)c3ccc(-n4c5ccccc5c5c6ccccc6ccc54)cc3)cc2)cc1. The molecule has 0 radical (unpaired) electrons. The quantitative estimate of drug-likeness (QED) is 0.172. The number of nitrogens with zero attached hydrogens (tertiary/aromatic N) is 2. The molecule has 3 heteroatoms. The molecule has 0 fully saturated rings. The minimum absolute atomic E-state index is 0.907. The summed E-state index contributed by atoms with van der Waals surface area (Å²) in [5, 5.41) is 7.35. The second-order valence-electron chi connectivity index (χ2n) is 14.1. The molecule has 0 bridgehead atoms. The van der Waals surface area contributed by atoms with Gasteiger partial charge in [-0.05, 0) is 94.2 Å². The van der Waals surface area contributed by atoms with Gasteiger partial charge in [-0.3, -0.25) is 0 Å². The maximum Gasteiger partial charge on any atom is 0.143 e. The fourth-order valence-electron chi connectivity index (χ4n) is 8.41. The van der Waals surface area contributed by atoms with Gasteiger partial charge in [-0.25, -0.2) is 0 Å². The molecule has 258 valence electrons. The van der Waals surface area contributed by atoms with Crippen LogP contribution in [0.1, 0.15) is 0 Å². The van der Waals surface area contributed by atoms with Crippen molar-refractivity contribution in [2.45, 2.75) is 0 Å². The molecule has 0 spiro atoms. The Morgan fingerprint density at radius 3 is 1.71 bits per heavy atom. The first kappa shape index (κ1) is 31.2. The third-order valence-corrected chi connectivity index (χ3v) is 11.0. The minimum Gasteiger partial charge on any atom is -0.455 e. The summed E-state index contributed by atoms with van der Waals surface area (Å²) in [7, 11) is 0. The number of aromatic nitrogens is 1. The molecule has 11 rings (SSSR count). The average Bonchev–Trinajstić information content (AvgIpc) is 3.81. The molecule has 3 nitrogen and oxygen atoms in total. The third kappa shape index (κ3) is 5.13. The van der Waals surface area contributed by atoms with Crippen molar-refractivity contribution in [1.82, 2.24) is 4.57 Å². The van der Waals surface area contributed by atoms with Crippen molar-refractivity contribution in [3.05, 3.63) is 206 Å². The molecule has 0 aliphatic rings. The molecule has 11 aromatic rings. The van der Waals surface area contributed by atoms with Gasteiger partial charge < -0.3 is 13.9 Å². The van der Waals surface area contributed by atoms with Crippen molar-refractivity contribution < 1.29 is 4.42 Å². The maximum atomic E-state index is 6.41. The molecule has 0 aliphatic heterocycles. The number of rotatable bonds is 6. The maximum absolute atomic E-state index is 6.41. The Bertz CT molecular complexity index is 3170. The Morgan fingerprint density at radius 1 is 0.364 bits per heavy atom. The fourth-order valence-corrected chi connectivity index (χ4v) is 8.41. The highest BCUT2D eigenvalue weighted by Crippen LogP contribution is 2.41. The van der Waals surface area contributed by atoms with Gasteiger partial charge >= 0.3 is 0 Å². The predicted octanol–water partition coefficient (Wildman–Crippen LogP) is 14.6. The first-order valence-electron chi connectivity index (χ1n) is 18.8. The zero-order valence-electron chi connectivity index (χ0n) is 29.9. The van der Waals surface area contributed by atoms with E-state index < -0.39 is 0 Å². The second-order valence-corrected chi connectivity index (χ2v) is 14.1. The van der Waals surface area contributed by atoms with Crippen LogP contribution in [0.25, 0.3) is 82.5 Å². The van der Waals surface area contributed by atoms with Gasteiger partial charge in [0.15, 0.2) is 0 Å². The summed E-state index contributed by atoms with van der Waals surface area (Å²) in [5.74, 6) is 0. The van der Waals surface area contributed by atoms with E-state index in [2.05, 4.69) is 204 Å².